The molecule has 6 aromatic rings. The van der Waals surface area contributed by atoms with E-state index >= 15 is 0 Å². The first kappa shape index (κ1) is 27.2. The first-order valence-corrected chi connectivity index (χ1v) is 14.3. The Balaban J connectivity index is 1.18. The molecule has 0 aliphatic heterocycles. The Morgan fingerprint density at radius 2 is 1.48 bits per heavy atom. The standard InChI is InChI=1S/C36H34N4O2/c41-25-27-18-19-34-33(21-27)28(23-38-34)22-35(42)37-20-10-17-32-24-40(26-39-32)36(29-11-4-1-5-12-29,30-13-6-2-7-14-30)31-15-8-3-9-16-31/h1-9,11-16,18-19,21,23-24,26,38,41H,10,17,20,22,25H2,(H,37,42). The molecule has 3 N–H and O–H groups in total. The summed E-state index contributed by atoms with van der Waals surface area (Å²) in [6.07, 6.45) is 7.75. The zero-order valence-electron chi connectivity index (χ0n) is 23.4. The number of H-pyrrole nitrogens is 1. The van der Waals surface area contributed by atoms with Gasteiger partial charge in [-0.25, -0.2) is 4.98 Å². The second-order valence-corrected chi connectivity index (χ2v) is 10.6. The Bertz CT molecular complexity index is 1660. The number of nitrogens with one attached hydrogen (secondary N) is 2. The third kappa shape index (κ3) is 5.37. The number of rotatable bonds is 11. The third-order valence-corrected chi connectivity index (χ3v) is 7.90. The van der Waals surface area contributed by atoms with Crippen molar-refractivity contribution in [1.29, 1.82) is 0 Å². The summed E-state index contributed by atoms with van der Waals surface area (Å²) in [5.41, 5.74) is 6.58. The Morgan fingerprint density at radius 1 is 0.857 bits per heavy atom. The quantitative estimate of drug-likeness (QED) is 0.136. The minimum Gasteiger partial charge on any atom is -0.392 e. The molecule has 0 aliphatic carbocycles. The van der Waals surface area contributed by atoms with Gasteiger partial charge in [-0.05, 0) is 52.8 Å². The summed E-state index contributed by atoms with van der Waals surface area (Å²) >= 11 is 0. The summed E-state index contributed by atoms with van der Waals surface area (Å²) in [4.78, 5) is 20.8. The van der Waals surface area contributed by atoms with Crippen molar-refractivity contribution < 1.29 is 9.90 Å². The predicted octanol–water partition coefficient (Wildman–Crippen LogP) is 5.99. The summed E-state index contributed by atoms with van der Waals surface area (Å²) in [7, 11) is 0. The Kier molecular flexibility index (Phi) is 7.97. The number of imidazole rings is 1. The van der Waals surface area contributed by atoms with Crippen molar-refractivity contribution in [2.45, 2.75) is 31.4 Å². The van der Waals surface area contributed by atoms with E-state index < -0.39 is 5.54 Å². The maximum absolute atomic E-state index is 12.7. The molecule has 6 nitrogen and oxygen atoms in total. The first-order chi connectivity index (χ1) is 20.7. The topological polar surface area (TPSA) is 82.9 Å². The normalized spacial score (nSPS) is 11.5. The number of hydrogen-bond donors (Lipinski definition) is 3. The van der Waals surface area contributed by atoms with Crippen molar-refractivity contribution >= 4 is 16.8 Å². The van der Waals surface area contributed by atoms with Gasteiger partial charge < -0.3 is 20.0 Å². The summed E-state index contributed by atoms with van der Waals surface area (Å²) in [6.45, 7) is 0.544. The molecule has 0 aliphatic rings. The van der Waals surface area contributed by atoms with Gasteiger partial charge in [0.25, 0.3) is 0 Å². The van der Waals surface area contributed by atoms with E-state index in [4.69, 9.17) is 4.98 Å². The maximum atomic E-state index is 12.7. The molecular weight excluding hydrogens is 520 g/mol. The molecule has 2 heterocycles. The Morgan fingerprint density at radius 3 is 2.07 bits per heavy atom. The highest BCUT2D eigenvalue weighted by Gasteiger charge is 2.38. The van der Waals surface area contributed by atoms with Gasteiger partial charge in [0.2, 0.25) is 5.91 Å². The fraction of sp³-hybridized carbons (Fsp3) is 0.167. The molecule has 6 rings (SSSR count). The van der Waals surface area contributed by atoms with Crippen LogP contribution in [0.25, 0.3) is 10.9 Å². The number of nitrogens with zero attached hydrogens (tertiary/aromatic N) is 2. The average molecular weight is 555 g/mol. The maximum Gasteiger partial charge on any atom is 0.224 e. The zero-order valence-corrected chi connectivity index (χ0v) is 23.4. The van der Waals surface area contributed by atoms with Gasteiger partial charge in [0.05, 0.1) is 25.0 Å². The van der Waals surface area contributed by atoms with Gasteiger partial charge in [-0.15, -0.1) is 0 Å². The molecule has 42 heavy (non-hydrogen) atoms. The van der Waals surface area contributed by atoms with Gasteiger partial charge in [0.15, 0.2) is 0 Å². The minimum absolute atomic E-state index is 0.0212. The van der Waals surface area contributed by atoms with Crippen molar-refractivity contribution in [2.75, 3.05) is 6.54 Å². The lowest BCUT2D eigenvalue weighted by Gasteiger charge is -2.37. The van der Waals surface area contributed by atoms with Gasteiger partial charge in [-0.1, -0.05) is 97.1 Å². The number of fused-ring (bicyclic) bond motifs is 1. The molecule has 1 amide bonds. The number of aromatic nitrogens is 3. The Hall–Kier alpha value is -4.94. The highest BCUT2D eigenvalue weighted by molar-refractivity contribution is 5.89. The van der Waals surface area contributed by atoms with Crippen LogP contribution in [0.3, 0.4) is 0 Å². The van der Waals surface area contributed by atoms with E-state index in [0.717, 1.165) is 57.3 Å². The lowest BCUT2D eigenvalue weighted by atomic mass is 9.77. The lowest BCUT2D eigenvalue weighted by Crippen LogP contribution is -2.36. The van der Waals surface area contributed by atoms with Crippen molar-refractivity contribution in [2.24, 2.45) is 0 Å². The van der Waals surface area contributed by atoms with Crippen LogP contribution in [0.5, 0.6) is 0 Å². The minimum atomic E-state index is -0.585. The molecule has 4 aromatic carbocycles. The summed E-state index contributed by atoms with van der Waals surface area (Å²) < 4.78 is 2.22. The number of aliphatic hydroxyl groups is 1. The van der Waals surface area contributed by atoms with Gasteiger partial charge >= 0.3 is 0 Å². The van der Waals surface area contributed by atoms with Gasteiger partial charge in [0, 0.05) is 29.8 Å². The van der Waals surface area contributed by atoms with E-state index in [2.05, 4.69) is 93.9 Å². The fourth-order valence-electron chi connectivity index (χ4n) is 5.86. The van der Waals surface area contributed by atoms with Crippen LogP contribution in [0.2, 0.25) is 0 Å². The molecule has 0 saturated carbocycles. The Labute approximate surface area is 245 Å². The number of amides is 1. The summed E-state index contributed by atoms with van der Waals surface area (Å²) in [6, 6.07) is 37.4. The molecular formula is C36H34N4O2. The highest BCUT2D eigenvalue weighted by atomic mass is 16.3. The molecule has 2 aromatic heterocycles. The number of hydrogen-bond acceptors (Lipinski definition) is 3. The number of aliphatic hydroxyl groups excluding tert-OH is 1. The van der Waals surface area contributed by atoms with Crippen molar-refractivity contribution in [3.8, 4) is 0 Å². The monoisotopic (exact) mass is 554 g/mol. The molecule has 0 bridgehead atoms. The van der Waals surface area contributed by atoms with Gasteiger partial charge in [0.1, 0.15) is 5.54 Å². The van der Waals surface area contributed by atoms with Crippen LogP contribution in [-0.4, -0.2) is 32.1 Å². The van der Waals surface area contributed by atoms with Crippen LogP contribution in [0, 0.1) is 0 Å². The number of carbonyl (C=O) groups excluding carboxylic acids is 1. The molecule has 210 valence electrons. The summed E-state index contributed by atoms with van der Waals surface area (Å²) in [5, 5.41) is 13.5. The molecule has 0 unspecified atom stereocenters. The van der Waals surface area contributed by atoms with Crippen molar-refractivity contribution in [1.82, 2.24) is 19.9 Å². The lowest BCUT2D eigenvalue weighted by molar-refractivity contribution is -0.120. The molecule has 0 fully saturated rings. The second kappa shape index (κ2) is 12.3. The van der Waals surface area contributed by atoms with Crippen LogP contribution in [0.15, 0.2) is 128 Å². The van der Waals surface area contributed by atoms with E-state index in [-0.39, 0.29) is 18.9 Å². The third-order valence-electron chi connectivity index (χ3n) is 7.90. The highest BCUT2D eigenvalue weighted by Crippen LogP contribution is 2.40. The largest absolute Gasteiger partial charge is 0.392 e. The molecule has 0 saturated heterocycles. The van der Waals surface area contributed by atoms with Gasteiger partial charge in [-0.2, -0.15) is 0 Å². The van der Waals surface area contributed by atoms with E-state index in [1.54, 1.807) is 0 Å². The van der Waals surface area contributed by atoms with Gasteiger partial charge in [-0.3, -0.25) is 4.79 Å². The second-order valence-electron chi connectivity index (χ2n) is 10.6. The molecule has 6 heteroatoms. The van der Waals surface area contributed by atoms with Crippen molar-refractivity contribution in [3.05, 3.63) is 161 Å². The zero-order chi connectivity index (χ0) is 28.8. The van der Waals surface area contributed by atoms with Crippen molar-refractivity contribution in [3.63, 3.8) is 0 Å². The smallest absolute Gasteiger partial charge is 0.224 e. The molecule has 0 spiro atoms. The van der Waals surface area contributed by atoms with Crippen LogP contribution >= 0.6 is 0 Å². The molecule has 0 radical (unpaired) electrons. The van der Waals surface area contributed by atoms with Crippen LogP contribution in [0.4, 0.5) is 0 Å². The number of aromatic amines is 1. The molecule has 0 atom stereocenters. The predicted molar refractivity (Wildman–Crippen MR) is 166 cm³/mol. The number of benzene rings is 4. The van der Waals surface area contributed by atoms with Crippen LogP contribution in [-0.2, 0) is 29.8 Å². The average Bonchev–Trinajstić information content (AvgIpc) is 3.68. The van der Waals surface area contributed by atoms with E-state index in [0.29, 0.717) is 6.54 Å². The van der Waals surface area contributed by atoms with Crippen LogP contribution < -0.4 is 5.32 Å². The SMILES string of the molecule is O=C(Cc1c[nH]c2ccc(CO)cc12)NCCCc1cn(C(c2ccccc2)(c2ccccc2)c2ccccc2)cn1. The van der Waals surface area contributed by atoms with Crippen LogP contribution in [0.1, 0.15) is 39.9 Å². The number of aryl methyl sites for hydroxylation is 1. The fourth-order valence-corrected chi connectivity index (χ4v) is 5.86. The van der Waals surface area contributed by atoms with E-state index in [9.17, 15) is 9.90 Å². The summed E-state index contributed by atoms with van der Waals surface area (Å²) in [5.74, 6) is -0.0212. The first-order valence-electron chi connectivity index (χ1n) is 14.3. The number of carbonyl (C=O) groups is 1. The van der Waals surface area contributed by atoms with E-state index in [1.165, 1.54) is 0 Å². The van der Waals surface area contributed by atoms with E-state index in [1.807, 2.05) is 48.9 Å².